The summed E-state index contributed by atoms with van der Waals surface area (Å²) in [5, 5.41) is 0. The largest absolute Gasteiger partial charge is 0.397 e. The second-order valence-electron chi connectivity index (χ2n) is 5.67. The van der Waals surface area contributed by atoms with E-state index >= 15 is 0 Å². The predicted molar refractivity (Wildman–Crippen MR) is 90.7 cm³/mol. The van der Waals surface area contributed by atoms with Crippen LogP contribution in [0.3, 0.4) is 0 Å². The number of anilines is 2. The van der Waals surface area contributed by atoms with Crippen molar-refractivity contribution in [1.29, 1.82) is 0 Å². The van der Waals surface area contributed by atoms with Crippen molar-refractivity contribution in [2.75, 3.05) is 37.8 Å². The monoisotopic (exact) mass is 291 g/mol. The molecule has 1 amide bonds. The molecule has 1 aromatic carbocycles. The number of rotatable bonds is 8. The fraction of sp³-hybridized carbons (Fsp3) is 0.588. The van der Waals surface area contributed by atoms with Crippen LogP contribution in [-0.4, -0.2) is 38.0 Å². The van der Waals surface area contributed by atoms with Crippen LogP contribution in [-0.2, 0) is 11.2 Å². The van der Waals surface area contributed by atoms with Crippen LogP contribution in [0.15, 0.2) is 18.2 Å². The number of hydrogen-bond donors (Lipinski definition) is 1. The minimum absolute atomic E-state index is 0.149. The van der Waals surface area contributed by atoms with E-state index in [1.54, 1.807) is 19.0 Å². The van der Waals surface area contributed by atoms with Gasteiger partial charge in [0.1, 0.15) is 0 Å². The van der Waals surface area contributed by atoms with Gasteiger partial charge in [-0.05, 0) is 37.0 Å². The molecule has 0 fully saturated rings. The SMILES string of the molecule is CCCN(CCC)c1ccc(CCC(=O)N(C)C)cc1N. The lowest BCUT2D eigenvalue weighted by Gasteiger charge is -2.25. The van der Waals surface area contributed by atoms with Crippen LogP contribution in [0.1, 0.15) is 38.7 Å². The van der Waals surface area contributed by atoms with Gasteiger partial charge in [0, 0.05) is 33.6 Å². The maximum atomic E-state index is 11.6. The molecule has 0 bridgehead atoms. The molecule has 21 heavy (non-hydrogen) atoms. The van der Waals surface area contributed by atoms with Crippen molar-refractivity contribution >= 4 is 17.3 Å². The van der Waals surface area contributed by atoms with Crippen molar-refractivity contribution in [3.05, 3.63) is 23.8 Å². The van der Waals surface area contributed by atoms with Gasteiger partial charge < -0.3 is 15.5 Å². The van der Waals surface area contributed by atoms with Crippen molar-refractivity contribution in [3.8, 4) is 0 Å². The van der Waals surface area contributed by atoms with Gasteiger partial charge in [0.25, 0.3) is 0 Å². The summed E-state index contributed by atoms with van der Waals surface area (Å²) in [5.74, 6) is 0.149. The number of nitrogens with two attached hydrogens (primary N) is 1. The van der Waals surface area contributed by atoms with Gasteiger partial charge >= 0.3 is 0 Å². The van der Waals surface area contributed by atoms with E-state index in [1.807, 2.05) is 6.07 Å². The Morgan fingerprint density at radius 2 is 1.76 bits per heavy atom. The molecule has 0 aliphatic rings. The zero-order valence-corrected chi connectivity index (χ0v) is 13.9. The first-order chi connectivity index (χ1) is 9.99. The maximum absolute atomic E-state index is 11.6. The summed E-state index contributed by atoms with van der Waals surface area (Å²) in [4.78, 5) is 15.6. The number of nitrogens with zero attached hydrogens (tertiary/aromatic N) is 2. The zero-order valence-electron chi connectivity index (χ0n) is 13.9. The Hall–Kier alpha value is -1.71. The Labute approximate surface area is 128 Å². The molecule has 0 heterocycles. The fourth-order valence-electron chi connectivity index (χ4n) is 2.41. The van der Waals surface area contributed by atoms with E-state index < -0.39 is 0 Å². The van der Waals surface area contributed by atoms with Gasteiger partial charge in [-0.3, -0.25) is 4.79 Å². The Morgan fingerprint density at radius 3 is 2.24 bits per heavy atom. The molecule has 0 unspecified atom stereocenters. The van der Waals surface area contributed by atoms with Crippen molar-refractivity contribution in [2.45, 2.75) is 39.5 Å². The van der Waals surface area contributed by atoms with Crippen LogP contribution in [0.5, 0.6) is 0 Å². The first-order valence-corrected chi connectivity index (χ1v) is 7.83. The molecule has 4 heteroatoms. The van der Waals surface area contributed by atoms with Gasteiger partial charge in [0.05, 0.1) is 11.4 Å². The Balaban J connectivity index is 2.76. The van der Waals surface area contributed by atoms with Crippen LogP contribution in [0.4, 0.5) is 11.4 Å². The third-order valence-electron chi connectivity index (χ3n) is 3.55. The fourth-order valence-corrected chi connectivity index (χ4v) is 2.41. The number of amides is 1. The zero-order chi connectivity index (χ0) is 15.8. The molecule has 0 saturated heterocycles. The number of carbonyl (C=O) groups is 1. The molecule has 1 rings (SSSR count). The van der Waals surface area contributed by atoms with E-state index in [2.05, 4.69) is 30.9 Å². The van der Waals surface area contributed by atoms with Gasteiger partial charge in [0.15, 0.2) is 0 Å². The molecular formula is C17H29N3O. The number of carbonyl (C=O) groups excluding carboxylic acids is 1. The van der Waals surface area contributed by atoms with E-state index in [0.717, 1.165) is 49.3 Å². The van der Waals surface area contributed by atoms with Gasteiger partial charge in [-0.1, -0.05) is 19.9 Å². The topological polar surface area (TPSA) is 49.6 Å². The average Bonchev–Trinajstić information content (AvgIpc) is 2.44. The summed E-state index contributed by atoms with van der Waals surface area (Å²) >= 11 is 0. The van der Waals surface area contributed by atoms with Crippen LogP contribution >= 0.6 is 0 Å². The maximum Gasteiger partial charge on any atom is 0.222 e. The minimum atomic E-state index is 0.149. The third-order valence-corrected chi connectivity index (χ3v) is 3.55. The van der Waals surface area contributed by atoms with Gasteiger partial charge in [-0.2, -0.15) is 0 Å². The Morgan fingerprint density at radius 1 is 1.14 bits per heavy atom. The van der Waals surface area contributed by atoms with Crippen molar-refractivity contribution in [3.63, 3.8) is 0 Å². The van der Waals surface area contributed by atoms with E-state index in [4.69, 9.17) is 5.73 Å². The van der Waals surface area contributed by atoms with Crippen LogP contribution in [0, 0.1) is 0 Å². The molecule has 0 aliphatic carbocycles. The molecule has 0 spiro atoms. The number of nitrogen functional groups attached to an aromatic ring is 1. The molecule has 2 N–H and O–H groups in total. The molecular weight excluding hydrogens is 262 g/mol. The molecule has 0 atom stereocenters. The van der Waals surface area contributed by atoms with Crippen LogP contribution in [0.25, 0.3) is 0 Å². The summed E-state index contributed by atoms with van der Waals surface area (Å²) in [6.45, 7) is 6.41. The summed E-state index contributed by atoms with van der Waals surface area (Å²) in [6.07, 6.45) is 3.49. The molecule has 1 aromatic rings. The normalized spacial score (nSPS) is 10.5. The highest BCUT2D eigenvalue weighted by molar-refractivity contribution is 5.76. The minimum Gasteiger partial charge on any atom is -0.397 e. The first-order valence-electron chi connectivity index (χ1n) is 7.83. The lowest BCUT2D eigenvalue weighted by atomic mass is 10.1. The summed E-state index contributed by atoms with van der Waals surface area (Å²) in [6, 6.07) is 6.19. The summed E-state index contributed by atoms with van der Waals surface area (Å²) in [5.41, 5.74) is 9.26. The number of benzene rings is 1. The molecule has 4 nitrogen and oxygen atoms in total. The van der Waals surface area contributed by atoms with Crippen LogP contribution in [0.2, 0.25) is 0 Å². The van der Waals surface area contributed by atoms with E-state index in [0.29, 0.717) is 6.42 Å². The second kappa shape index (κ2) is 8.55. The van der Waals surface area contributed by atoms with Gasteiger partial charge in [-0.15, -0.1) is 0 Å². The van der Waals surface area contributed by atoms with Gasteiger partial charge in [0.2, 0.25) is 5.91 Å². The first kappa shape index (κ1) is 17.3. The molecule has 0 aliphatic heterocycles. The second-order valence-corrected chi connectivity index (χ2v) is 5.67. The van der Waals surface area contributed by atoms with Crippen molar-refractivity contribution < 1.29 is 4.79 Å². The number of hydrogen-bond acceptors (Lipinski definition) is 3. The lowest BCUT2D eigenvalue weighted by molar-refractivity contribution is -0.128. The molecule has 118 valence electrons. The summed E-state index contributed by atoms with van der Waals surface area (Å²) < 4.78 is 0. The highest BCUT2D eigenvalue weighted by Gasteiger charge is 2.10. The quantitative estimate of drug-likeness (QED) is 0.749. The highest BCUT2D eigenvalue weighted by atomic mass is 16.2. The van der Waals surface area contributed by atoms with Gasteiger partial charge in [-0.25, -0.2) is 0 Å². The standard InChI is InChI=1S/C17H29N3O/c1-5-11-20(12-6-2)16-9-7-14(13-15(16)18)8-10-17(21)19(3)4/h7,9,13H,5-6,8,10-12,18H2,1-4H3. The van der Waals surface area contributed by atoms with E-state index in [9.17, 15) is 4.79 Å². The molecule has 0 aromatic heterocycles. The van der Waals surface area contributed by atoms with Crippen LogP contribution < -0.4 is 10.6 Å². The average molecular weight is 291 g/mol. The van der Waals surface area contributed by atoms with E-state index in [-0.39, 0.29) is 5.91 Å². The lowest BCUT2D eigenvalue weighted by Crippen LogP contribution is -2.25. The van der Waals surface area contributed by atoms with Crippen molar-refractivity contribution in [1.82, 2.24) is 4.90 Å². The van der Waals surface area contributed by atoms with E-state index in [1.165, 1.54) is 0 Å². The predicted octanol–water partition coefficient (Wildman–Crippen LogP) is 2.92. The number of aryl methyl sites for hydroxylation is 1. The Kier molecular flexibility index (Phi) is 7.06. The molecule has 0 saturated carbocycles. The third kappa shape index (κ3) is 5.29. The Bertz CT molecular complexity index is 451. The highest BCUT2D eigenvalue weighted by Crippen LogP contribution is 2.25. The smallest absolute Gasteiger partial charge is 0.222 e. The van der Waals surface area contributed by atoms with Crippen molar-refractivity contribution in [2.24, 2.45) is 0 Å². The summed E-state index contributed by atoms with van der Waals surface area (Å²) in [7, 11) is 3.57. The molecule has 0 radical (unpaired) electrons.